The van der Waals surface area contributed by atoms with E-state index in [4.69, 9.17) is 5.26 Å². The van der Waals surface area contributed by atoms with Gasteiger partial charge in [-0.25, -0.2) is 8.78 Å². The van der Waals surface area contributed by atoms with Crippen molar-refractivity contribution >= 4 is 11.3 Å². The average molecular weight is 292 g/mol. The highest BCUT2D eigenvalue weighted by molar-refractivity contribution is 7.10. The predicted molar refractivity (Wildman–Crippen MR) is 75.3 cm³/mol. The summed E-state index contributed by atoms with van der Waals surface area (Å²) >= 11 is 1.61. The monoisotopic (exact) mass is 292 g/mol. The van der Waals surface area contributed by atoms with Crippen LogP contribution < -0.4 is 5.32 Å². The fraction of sp³-hybridized carbons (Fsp3) is 0.267. The van der Waals surface area contributed by atoms with E-state index in [1.807, 2.05) is 24.4 Å². The Bertz CT molecular complexity index is 594. The van der Waals surface area contributed by atoms with E-state index in [2.05, 4.69) is 5.32 Å². The van der Waals surface area contributed by atoms with Gasteiger partial charge in [0.15, 0.2) is 0 Å². The van der Waals surface area contributed by atoms with Gasteiger partial charge in [0.05, 0.1) is 11.6 Å². The number of benzene rings is 1. The largest absolute Gasteiger partial charge is 0.305 e. The van der Waals surface area contributed by atoms with Gasteiger partial charge in [-0.3, -0.25) is 0 Å². The molecule has 0 aliphatic heterocycles. The lowest BCUT2D eigenvalue weighted by Crippen LogP contribution is -2.21. The average Bonchev–Trinajstić information content (AvgIpc) is 2.95. The third-order valence-electron chi connectivity index (χ3n) is 3.09. The van der Waals surface area contributed by atoms with Crippen molar-refractivity contribution in [2.24, 2.45) is 0 Å². The first kappa shape index (κ1) is 14.6. The maximum absolute atomic E-state index is 13.8. The number of thiophene rings is 1. The van der Waals surface area contributed by atoms with Gasteiger partial charge < -0.3 is 5.32 Å². The standard InChI is InChI=1S/C15H14F2N2S/c1-2-14(15-4-3-5-20-15)19-9-11-12(16)6-10(8-18)7-13(11)17/h3-7,14,19H,2,9H2,1H3. The molecule has 1 atom stereocenters. The number of hydrogen-bond acceptors (Lipinski definition) is 3. The van der Waals surface area contributed by atoms with Crippen LogP contribution in [0.5, 0.6) is 0 Å². The Kier molecular flexibility index (Phi) is 4.83. The molecule has 2 rings (SSSR count). The van der Waals surface area contributed by atoms with E-state index in [9.17, 15) is 8.78 Å². The smallest absolute Gasteiger partial charge is 0.131 e. The van der Waals surface area contributed by atoms with Gasteiger partial charge in [0, 0.05) is 23.0 Å². The zero-order valence-electron chi connectivity index (χ0n) is 11.0. The lowest BCUT2D eigenvalue weighted by Gasteiger charge is -2.16. The third kappa shape index (κ3) is 3.21. The molecule has 20 heavy (non-hydrogen) atoms. The van der Waals surface area contributed by atoms with E-state index in [0.29, 0.717) is 0 Å². The molecule has 1 aromatic heterocycles. The van der Waals surface area contributed by atoms with E-state index in [0.717, 1.165) is 23.4 Å². The molecule has 1 N–H and O–H groups in total. The molecule has 1 unspecified atom stereocenters. The van der Waals surface area contributed by atoms with E-state index < -0.39 is 11.6 Å². The number of hydrogen-bond donors (Lipinski definition) is 1. The summed E-state index contributed by atoms with van der Waals surface area (Å²) in [5, 5.41) is 13.8. The van der Waals surface area contributed by atoms with Crippen LogP contribution in [0, 0.1) is 23.0 Å². The van der Waals surface area contributed by atoms with Gasteiger partial charge >= 0.3 is 0 Å². The maximum atomic E-state index is 13.8. The number of nitrogens with zero attached hydrogens (tertiary/aromatic N) is 1. The molecule has 0 spiro atoms. The minimum absolute atomic E-state index is 0.00551. The van der Waals surface area contributed by atoms with Crippen LogP contribution in [0.3, 0.4) is 0 Å². The molecule has 104 valence electrons. The summed E-state index contributed by atoms with van der Waals surface area (Å²) in [4.78, 5) is 1.14. The lowest BCUT2D eigenvalue weighted by molar-refractivity contribution is 0.487. The van der Waals surface area contributed by atoms with Crippen molar-refractivity contribution in [3.05, 3.63) is 57.3 Å². The number of nitriles is 1. The first-order chi connectivity index (χ1) is 9.65. The van der Waals surface area contributed by atoms with Crippen LogP contribution in [-0.4, -0.2) is 0 Å². The van der Waals surface area contributed by atoms with Crippen LogP contribution in [0.2, 0.25) is 0 Å². The predicted octanol–water partition coefficient (Wildman–Crippen LogP) is 4.14. The maximum Gasteiger partial charge on any atom is 0.131 e. The quantitative estimate of drug-likeness (QED) is 0.899. The summed E-state index contributed by atoms with van der Waals surface area (Å²) in [5.41, 5.74) is -0.0342. The fourth-order valence-electron chi connectivity index (χ4n) is 2.00. The molecule has 0 fully saturated rings. The molecule has 0 saturated heterocycles. The van der Waals surface area contributed by atoms with Crippen molar-refractivity contribution in [2.45, 2.75) is 25.9 Å². The van der Waals surface area contributed by atoms with E-state index >= 15 is 0 Å². The highest BCUT2D eigenvalue weighted by atomic mass is 32.1. The van der Waals surface area contributed by atoms with Crippen molar-refractivity contribution in [1.82, 2.24) is 5.32 Å². The van der Waals surface area contributed by atoms with Gasteiger partial charge in [-0.05, 0) is 30.0 Å². The van der Waals surface area contributed by atoms with Gasteiger partial charge in [-0.15, -0.1) is 11.3 Å². The van der Waals surface area contributed by atoms with Crippen LogP contribution >= 0.6 is 11.3 Å². The first-order valence-electron chi connectivity index (χ1n) is 6.30. The second-order valence-corrected chi connectivity index (χ2v) is 5.37. The molecule has 5 heteroatoms. The Hall–Kier alpha value is -1.77. The Morgan fingerprint density at radius 1 is 1.35 bits per heavy atom. The highest BCUT2D eigenvalue weighted by Crippen LogP contribution is 2.23. The second-order valence-electron chi connectivity index (χ2n) is 4.39. The molecule has 0 radical (unpaired) electrons. The van der Waals surface area contributed by atoms with Gasteiger partial charge in [0.1, 0.15) is 11.6 Å². The Morgan fingerprint density at radius 2 is 2.05 bits per heavy atom. The van der Waals surface area contributed by atoms with Crippen molar-refractivity contribution in [1.29, 1.82) is 5.26 Å². The van der Waals surface area contributed by atoms with Crippen LogP contribution in [0.15, 0.2) is 29.6 Å². The van der Waals surface area contributed by atoms with Crippen molar-refractivity contribution in [3.8, 4) is 6.07 Å². The molecular weight excluding hydrogens is 278 g/mol. The third-order valence-corrected chi connectivity index (χ3v) is 4.08. The summed E-state index contributed by atoms with van der Waals surface area (Å²) in [7, 11) is 0. The Balaban J connectivity index is 2.13. The van der Waals surface area contributed by atoms with E-state index in [1.165, 1.54) is 0 Å². The SMILES string of the molecule is CCC(NCc1c(F)cc(C#N)cc1F)c1cccs1. The second kappa shape index (κ2) is 6.60. The molecular formula is C15H14F2N2S. The van der Waals surface area contributed by atoms with Crippen molar-refractivity contribution in [3.63, 3.8) is 0 Å². The van der Waals surface area contributed by atoms with Gasteiger partial charge in [0.2, 0.25) is 0 Å². The normalized spacial score (nSPS) is 12.1. The van der Waals surface area contributed by atoms with Gasteiger partial charge in [-0.2, -0.15) is 5.26 Å². The summed E-state index contributed by atoms with van der Waals surface area (Å²) in [5.74, 6) is -1.37. The Labute approximate surface area is 120 Å². The molecule has 0 saturated carbocycles. The molecule has 0 amide bonds. The number of halogens is 2. The fourth-order valence-corrected chi connectivity index (χ4v) is 2.88. The number of rotatable bonds is 5. The van der Waals surface area contributed by atoms with Gasteiger partial charge in [0.25, 0.3) is 0 Å². The number of nitrogens with one attached hydrogen (secondary N) is 1. The van der Waals surface area contributed by atoms with Crippen LogP contribution in [-0.2, 0) is 6.54 Å². The molecule has 2 aromatic rings. The van der Waals surface area contributed by atoms with Crippen LogP contribution in [0.4, 0.5) is 8.78 Å². The summed E-state index contributed by atoms with van der Waals surface area (Å²) < 4.78 is 27.5. The van der Waals surface area contributed by atoms with Crippen molar-refractivity contribution < 1.29 is 8.78 Å². The molecule has 1 aromatic carbocycles. The van der Waals surface area contributed by atoms with Crippen LogP contribution in [0.25, 0.3) is 0 Å². The summed E-state index contributed by atoms with van der Waals surface area (Å²) in [6.45, 7) is 2.11. The van der Waals surface area contributed by atoms with E-state index in [1.54, 1.807) is 17.4 Å². The summed E-state index contributed by atoms with van der Waals surface area (Å²) in [6.07, 6.45) is 0.833. The minimum Gasteiger partial charge on any atom is -0.305 e. The topological polar surface area (TPSA) is 35.8 Å². The van der Waals surface area contributed by atoms with Crippen LogP contribution in [0.1, 0.15) is 35.4 Å². The molecule has 0 aliphatic rings. The zero-order chi connectivity index (χ0) is 14.5. The molecule has 2 nitrogen and oxygen atoms in total. The minimum atomic E-state index is -0.685. The zero-order valence-corrected chi connectivity index (χ0v) is 11.8. The van der Waals surface area contributed by atoms with Crippen molar-refractivity contribution in [2.75, 3.05) is 0 Å². The summed E-state index contributed by atoms with van der Waals surface area (Å²) in [6, 6.07) is 7.88. The first-order valence-corrected chi connectivity index (χ1v) is 7.18. The lowest BCUT2D eigenvalue weighted by atomic mass is 10.1. The molecule has 1 heterocycles. The van der Waals surface area contributed by atoms with Gasteiger partial charge in [-0.1, -0.05) is 13.0 Å². The highest BCUT2D eigenvalue weighted by Gasteiger charge is 2.14. The van der Waals surface area contributed by atoms with E-state index in [-0.39, 0.29) is 23.7 Å². The molecule has 0 aliphatic carbocycles. The molecule has 0 bridgehead atoms. The Morgan fingerprint density at radius 3 is 2.55 bits per heavy atom.